The van der Waals surface area contributed by atoms with E-state index in [2.05, 4.69) is 10.6 Å². The van der Waals surface area contributed by atoms with Crippen LogP contribution in [-0.4, -0.2) is 53.0 Å². The van der Waals surface area contributed by atoms with Crippen molar-refractivity contribution in [1.29, 1.82) is 0 Å². The Labute approximate surface area is 110 Å². The first-order valence-corrected chi connectivity index (χ1v) is 6.01. The molecule has 0 aromatic rings. The number of hydrogen-bond acceptors (Lipinski definition) is 4. The molecular weight excluding hydrogens is 256 g/mol. The van der Waals surface area contributed by atoms with Crippen molar-refractivity contribution >= 4 is 18.0 Å². The number of aliphatic carboxylic acids is 2. The minimum atomic E-state index is -1.44. The predicted octanol–water partition coefficient (Wildman–Crippen LogP) is -0.219. The van der Waals surface area contributed by atoms with Gasteiger partial charge in [0.25, 0.3) is 0 Å². The molecular formula is C11H18N2O6. The minimum absolute atomic E-state index is 0.0355. The zero-order chi connectivity index (χ0) is 14.4. The second-order valence-electron chi connectivity index (χ2n) is 4.51. The number of amides is 2. The fourth-order valence-corrected chi connectivity index (χ4v) is 1.89. The summed E-state index contributed by atoms with van der Waals surface area (Å²) in [5.41, 5.74) is 0. The van der Waals surface area contributed by atoms with E-state index in [0.717, 1.165) is 0 Å². The van der Waals surface area contributed by atoms with Crippen LogP contribution in [0.1, 0.15) is 26.2 Å². The van der Waals surface area contributed by atoms with Gasteiger partial charge in [-0.15, -0.1) is 0 Å². The molecule has 19 heavy (non-hydrogen) atoms. The molecule has 4 N–H and O–H groups in total. The van der Waals surface area contributed by atoms with Crippen LogP contribution in [0.5, 0.6) is 0 Å². The van der Waals surface area contributed by atoms with E-state index >= 15 is 0 Å². The first-order valence-electron chi connectivity index (χ1n) is 6.01. The number of carboxylic acid groups (broad SMARTS) is 2. The Morgan fingerprint density at radius 1 is 1.37 bits per heavy atom. The Hall–Kier alpha value is -1.83. The normalized spacial score (nSPS) is 24.3. The molecule has 0 aliphatic carbocycles. The van der Waals surface area contributed by atoms with Crippen LogP contribution in [-0.2, 0) is 14.3 Å². The maximum absolute atomic E-state index is 11.6. The van der Waals surface area contributed by atoms with Crippen molar-refractivity contribution in [3.8, 4) is 0 Å². The highest BCUT2D eigenvalue weighted by molar-refractivity contribution is 5.86. The van der Waals surface area contributed by atoms with Crippen molar-refractivity contribution in [1.82, 2.24) is 10.6 Å². The average Bonchev–Trinajstić information content (AvgIpc) is 2.27. The molecule has 8 heteroatoms. The molecule has 0 saturated carbocycles. The molecule has 108 valence electrons. The second kappa shape index (κ2) is 6.93. The largest absolute Gasteiger partial charge is 0.481 e. The van der Waals surface area contributed by atoms with Crippen molar-refractivity contribution in [3.63, 3.8) is 0 Å². The van der Waals surface area contributed by atoms with Gasteiger partial charge in [-0.25, -0.2) is 9.59 Å². The van der Waals surface area contributed by atoms with Gasteiger partial charge in [-0.2, -0.15) is 0 Å². The number of hydrogen-bond donors (Lipinski definition) is 4. The monoisotopic (exact) mass is 274 g/mol. The topological polar surface area (TPSA) is 125 Å². The molecule has 3 atom stereocenters. The van der Waals surface area contributed by atoms with E-state index < -0.39 is 30.4 Å². The van der Waals surface area contributed by atoms with Crippen LogP contribution in [0.4, 0.5) is 4.79 Å². The molecule has 0 aromatic heterocycles. The van der Waals surface area contributed by atoms with Crippen LogP contribution >= 0.6 is 0 Å². The smallest absolute Gasteiger partial charge is 0.326 e. The lowest BCUT2D eigenvalue weighted by molar-refractivity contribution is -0.145. The third-order valence-corrected chi connectivity index (χ3v) is 2.80. The van der Waals surface area contributed by atoms with Gasteiger partial charge in [0.2, 0.25) is 0 Å². The van der Waals surface area contributed by atoms with E-state index in [1.165, 1.54) is 0 Å². The highest BCUT2D eigenvalue weighted by Crippen LogP contribution is 2.12. The molecule has 1 rings (SSSR count). The molecule has 1 heterocycles. The van der Waals surface area contributed by atoms with Gasteiger partial charge in [-0.1, -0.05) is 0 Å². The van der Waals surface area contributed by atoms with Crippen LogP contribution in [0.25, 0.3) is 0 Å². The summed E-state index contributed by atoms with van der Waals surface area (Å²) in [5.74, 6) is -2.66. The fourth-order valence-electron chi connectivity index (χ4n) is 1.89. The molecule has 1 fully saturated rings. The summed E-state index contributed by atoms with van der Waals surface area (Å²) in [5, 5.41) is 22.1. The van der Waals surface area contributed by atoms with Gasteiger partial charge in [-0.05, 0) is 19.8 Å². The summed E-state index contributed by atoms with van der Waals surface area (Å²) in [7, 11) is 0. The van der Waals surface area contributed by atoms with Crippen molar-refractivity contribution < 1.29 is 29.3 Å². The van der Waals surface area contributed by atoms with E-state index in [4.69, 9.17) is 14.9 Å². The van der Waals surface area contributed by atoms with Gasteiger partial charge in [0, 0.05) is 12.6 Å². The summed E-state index contributed by atoms with van der Waals surface area (Å²) in [6, 6.07) is -2.20. The predicted molar refractivity (Wildman–Crippen MR) is 63.8 cm³/mol. The molecule has 1 aliphatic rings. The first-order chi connectivity index (χ1) is 8.88. The Bertz CT molecular complexity index is 359. The van der Waals surface area contributed by atoms with Crippen molar-refractivity contribution in [3.05, 3.63) is 0 Å². The number of urea groups is 1. The Kier molecular flexibility index (Phi) is 5.56. The average molecular weight is 274 g/mol. The quantitative estimate of drug-likeness (QED) is 0.549. The van der Waals surface area contributed by atoms with Crippen molar-refractivity contribution in [2.24, 2.45) is 0 Å². The summed E-state index contributed by atoms with van der Waals surface area (Å²) in [4.78, 5) is 32.9. The van der Waals surface area contributed by atoms with Gasteiger partial charge >= 0.3 is 18.0 Å². The lowest BCUT2D eigenvalue weighted by atomic mass is 10.0. The van der Waals surface area contributed by atoms with Crippen molar-refractivity contribution in [2.45, 2.75) is 44.4 Å². The zero-order valence-corrected chi connectivity index (χ0v) is 10.6. The van der Waals surface area contributed by atoms with Gasteiger partial charge in [-0.3, -0.25) is 4.79 Å². The Morgan fingerprint density at radius 3 is 2.58 bits per heavy atom. The summed E-state index contributed by atoms with van der Waals surface area (Å²) in [6.45, 7) is 2.42. The molecule has 0 radical (unpaired) electrons. The lowest BCUT2D eigenvalue weighted by Crippen LogP contribution is -2.51. The lowest BCUT2D eigenvalue weighted by Gasteiger charge is -2.28. The highest BCUT2D eigenvalue weighted by atomic mass is 16.5. The minimum Gasteiger partial charge on any atom is -0.481 e. The van der Waals surface area contributed by atoms with Gasteiger partial charge in [0.05, 0.1) is 12.5 Å². The standard InChI is InChI=1S/C11H18N2O6/c1-6-4-7(2-3-19-6)12-11(18)13-8(10(16)17)5-9(14)15/h6-8H,2-5H2,1H3,(H,14,15)(H,16,17)(H2,12,13,18)/t6?,7?,8-/m1/s1. The number of rotatable bonds is 5. The summed E-state index contributed by atoms with van der Waals surface area (Å²) < 4.78 is 5.32. The Morgan fingerprint density at radius 2 is 2.05 bits per heavy atom. The highest BCUT2D eigenvalue weighted by Gasteiger charge is 2.25. The molecule has 8 nitrogen and oxygen atoms in total. The van der Waals surface area contributed by atoms with E-state index in [1.54, 1.807) is 0 Å². The van der Waals surface area contributed by atoms with Crippen LogP contribution in [0.3, 0.4) is 0 Å². The van der Waals surface area contributed by atoms with Crippen LogP contribution in [0.15, 0.2) is 0 Å². The fraction of sp³-hybridized carbons (Fsp3) is 0.727. The second-order valence-corrected chi connectivity index (χ2v) is 4.51. The number of nitrogens with one attached hydrogen (secondary N) is 2. The Balaban J connectivity index is 2.43. The van der Waals surface area contributed by atoms with Crippen molar-refractivity contribution in [2.75, 3.05) is 6.61 Å². The molecule has 1 saturated heterocycles. The van der Waals surface area contributed by atoms with Crippen LogP contribution in [0.2, 0.25) is 0 Å². The third-order valence-electron chi connectivity index (χ3n) is 2.80. The van der Waals surface area contributed by atoms with Crippen LogP contribution < -0.4 is 10.6 Å². The van der Waals surface area contributed by atoms with Gasteiger partial charge in [0.1, 0.15) is 6.04 Å². The molecule has 0 spiro atoms. The number of carboxylic acids is 2. The van der Waals surface area contributed by atoms with E-state index in [-0.39, 0.29) is 12.1 Å². The number of ether oxygens (including phenoxy) is 1. The number of carbonyl (C=O) groups is 3. The number of carbonyl (C=O) groups excluding carboxylic acids is 1. The first kappa shape index (κ1) is 15.2. The van der Waals surface area contributed by atoms with E-state index in [9.17, 15) is 14.4 Å². The maximum Gasteiger partial charge on any atom is 0.326 e. The summed E-state index contributed by atoms with van der Waals surface area (Å²) in [6.07, 6.45) is 0.666. The molecule has 0 bridgehead atoms. The molecule has 1 aliphatic heterocycles. The van der Waals surface area contributed by atoms with Crippen LogP contribution in [0, 0.1) is 0 Å². The SMILES string of the molecule is CC1CC(NC(=O)N[C@H](CC(=O)O)C(=O)O)CCO1. The molecule has 2 amide bonds. The van der Waals surface area contributed by atoms with E-state index in [0.29, 0.717) is 19.4 Å². The maximum atomic E-state index is 11.6. The van der Waals surface area contributed by atoms with Gasteiger partial charge in [0.15, 0.2) is 0 Å². The van der Waals surface area contributed by atoms with Gasteiger partial charge < -0.3 is 25.6 Å². The third kappa shape index (κ3) is 5.56. The molecule has 2 unspecified atom stereocenters. The van der Waals surface area contributed by atoms with E-state index in [1.807, 2.05) is 6.92 Å². The summed E-state index contributed by atoms with van der Waals surface area (Å²) >= 11 is 0. The molecule has 0 aromatic carbocycles. The zero-order valence-electron chi connectivity index (χ0n) is 10.6.